The monoisotopic (exact) mass is 381 g/mol. The Bertz CT molecular complexity index is 625. The van der Waals surface area contributed by atoms with Gasteiger partial charge in [-0.15, -0.1) is 0 Å². The highest BCUT2D eigenvalue weighted by Crippen LogP contribution is 2.23. The molecule has 150 valence electrons. The molecule has 0 radical (unpaired) electrons. The highest BCUT2D eigenvalue weighted by atomic mass is 18.2. The number of carboxylic acid groups (broad SMARTS) is 1. The van der Waals surface area contributed by atoms with Gasteiger partial charge in [0.2, 0.25) is 5.91 Å². The fourth-order valence-electron chi connectivity index (χ4n) is 3.05. The highest BCUT2D eigenvalue weighted by molar-refractivity contribution is 5.79. The molecule has 7 nitrogen and oxygen atoms in total. The van der Waals surface area contributed by atoms with Gasteiger partial charge in [0.05, 0.1) is 12.7 Å². The molecule has 27 heavy (non-hydrogen) atoms. The Morgan fingerprint density at radius 2 is 2.07 bits per heavy atom. The van der Waals surface area contributed by atoms with Crippen LogP contribution in [0.1, 0.15) is 31.7 Å². The van der Waals surface area contributed by atoms with Gasteiger partial charge in [0, 0.05) is 19.0 Å². The number of hydrogen-bond acceptors (Lipinski definition) is 5. The molecule has 1 heterocycles. The summed E-state index contributed by atoms with van der Waals surface area (Å²) < 4.78 is 23.2. The summed E-state index contributed by atoms with van der Waals surface area (Å²) in [5.74, 6) is -0.582. The average Bonchev–Trinajstić information content (AvgIpc) is 3.04. The lowest BCUT2D eigenvalue weighted by Gasteiger charge is -2.21. The van der Waals surface area contributed by atoms with Crippen molar-refractivity contribution in [3.63, 3.8) is 0 Å². The molecule has 8 heteroatoms. The first kappa shape index (κ1) is 21.1. The number of alkyl halides is 1. The third-order valence-corrected chi connectivity index (χ3v) is 4.60. The molecule has 0 aliphatic carbocycles. The largest absolute Gasteiger partial charge is 0.491 e. The zero-order valence-corrected chi connectivity index (χ0v) is 15.5. The maximum absolute atomic E-state index is 12.3. The number of rotatable bonds is 10. The molecular formula is C19H27FN2O5. The lowest BCUT2D eigenvalue weighted by atomic mass is 10.1. The second-order valence-electron chi connectivity index (χ2n) is 6.73. The molecule has 0 spiro atoms. The van der Waals surface area contributed by atoms with Gasteiger partial charge in [0.25, 0.3) is 0 Å². The number of nitrogens with zero attached hydrogens (tertiary/aromatic N) is 1. The maximum atomic E-state index is 12.3. The minimum atomic E-state index is -1.10. The van der Waals surface area contributed by atoms with E-state index in [1.165, 1.54) is 0 Å². The summed E-state index contributed by atoms with van der Waals surface area (Å²) in [6.45, 7) is 2.36. The van der Waals surface area contributed by atoms with E-state index < -0.39 is 18.7 Å². The van der Waals surface area contributed by atoms with E-state index in [1.807, 2.05) is 19.1 Å². The van der Waals surface area contributed by atoms with Crippen LogP contribution in [-0.2, 0) is 20.9 Å². The number of carbonyl (C=O) groups is 2. The van der Waals surface area contributed by atoms with Crippen LogP contribution in [0.4, 0.5) is 4.39 Å². The molecule has 3 atom stereocenters. The number of nitrogens with two attached hydrogens (primary N) is 1. The number of ether oxygens (including phenoxy) is 2. The predicted octanol–water partition coefficient (Wildman–Crippen LogP) is 1.73. The zero-order chi connectivity index (χ0) is 19.8. The lowest BCUT2D eigenvalue weighted by molar-refractivity contribution is -0.139. The van der Waals surface area contributed by atoms with Crippen LogP contribution >= 0.6 is 0 Å². The van der Waals surface area contributed by atoms with Crippen molar-refractivity contribution < 1.29 is 28.6 Å². The summed E-state index contributed by atoms with van der Waals surface area (Å²) >= 11 is 0. The lowest BCUT2D eigenvalue weighted by Crippen LogP contribution is -2.37. The molecule has 2 rings (SSSR count). The van der Waals surface area contributed by atoms with E-state index in [-0.39, 0.29) is 37.5 Å². The van der Waals surface area contributed by atoms with Crippen LogP contribution in [0.15, 0.2) is 24.3 Å². The molecule has 0 saturated carbocycles. The minimum Gasteiger partial charge on any atom is -0.491 e. The molecule has 1 aromatic carbocycles. The van der Waals surface area contributed by atoms with Crippen LogP contribution in [0.2, 0.25) is 0 Å². The fourth-order valence-corrected chi connectivity index (χ4v) is 3.05. The molecule has 1 fully saturated rings. The second kappa shape index (κ2) is 10.2. The molecule has 1 aliphatic heterocycles. The van der Waals surface area contributed by atoms with Gasteiger partial charge in [0.1, 0.15) is 25.1 Å². The fraction of sp³-hybridized carbons (Fsp3) is 0.579. The number of halogens is 1. The SMILES string of the molecule is C[C@@H]1C[C@@H](OCc2ccc(OCC[18F])cc2)CN1C(=O)CC[C@H](N)C(=O)O. The summed E-state index contributed by atoms with van der Waals surface area (Å²) in [5, 5.41) is 8.80. The predicted molar refractivity (Wildman–Crippen MR) is 97.1 cm³/mol. The number of carboxylic acids is 1. The zero-order valence-electron chi connectivity index (χ0n) is 15.5. The Kier molecular flexibility index (Phi) is 7.99. The van der Waals surface area contributed by atoms with E-state index >= 15 is 0 Å². The summed E-state index contributed by atoms with van der Waals surface area (Å²) in [6.07, 6.45) is 0.901. The Balaban J connectivity index is 1.77. The molecule has 1 amide bonds. The van der Waals surface area contributed by atoms with Gasteiger partial charge in [0.15, 0.2) is 0 Å². The van der Waals surface area contributed by atoms with Gasteiger partial charge in [-0.2, -0.15) is 0 Å². The van der Waals surface area contributed by atoms with E-state index in [1.54, 1.807) is 17.0 Å². The molecule has 3 N–H and O–H groups in total. The van der Waals surface area contributed by atoms with Gasteiger partial charge < -0.3 is 25.2 Å². The Labute approximate surface area is 158 Å². The van der Waals surface area contributed by atoms with Gasteiger partial charge in [-0.05, 0) is 37.5 Å². The van der Waals surface area contributed by atoms with Gasteiger partial charge in [-0.25, -0.2) is 4.39 Å². The Morgan fingerprint density at radius 3 is 2.70 bits per heavy atom. The molecule has 1 aromatic rings. The molecule has 0 bridgehead atoms. The average molecular weight is 381 g/mol. The van der Waals surface area contributed by atoms with Gasteiger partial charge in [-0.1, -0.05) is 12.1 Å². The summed E-state index contributed by atoms with van der Waals surface area (Å²) in [5.41, 5.74) is 6.42. The molecule has 1 aliphatic rings. The first-order chi connectivity index (χ1) is 12.9. The summed E-state index contributed by atoms with van der Waals surface area (Å²) in [7, 11) is 0. The van der Waals surface area contributed by atoms with Crippen molar-refractivity contribution in [3.8, 4) is 5.75 Å². The number of carbonyl (C=O) groups excluding carboxylic acids is 1. The topological polar surface area (TPSA) is 102 Å². The van der Waals surface area contributed by atoms with Crippen LogP contribution in [0, 0.1) is 0 Å². The molecular weight excluding hydrogens is 354 g/mol. The summed E-state index contributed by atoms with van der Waals surface area (Å²) in [6, 6.07) is 6.29. The smallest absolute Gasteiger partial charge is 0.320 e. The number of benzene rings is 1. The summed E-state index contributed by atoms with van der Waals surface area (Å²) in [4.78, 5) is 24.8. The number of aliphatic carboxylic acids is 1. The van der Waals surface area contributed by atoms with Crippen molar-refractivity contribution in [1.82, 2.24) is 4.90 Å². The van der Waals surface area contributed by atoms with Crippen LogP contribution in [0.25, 0.3) is 0 Å². The van der Waals surface area contributed by atoms with E-state index in [0.29, 0.717) is 18.9 Å². The van der Waals surface area contributed by atoms with Crippen molar-refractivity contribution >= 4 is 11.9 Å². The van der Waals surface area contributed by atoms with E-state index in [4.69, 9.17) is 20.3 Å². The standard InChI is InChI=1S/C19H27FN2O5/c1-13-10-16(11-22(13)18(23)7-6-17(21)19(24)25)27-12-14-2-4-15(5-3-14)26-9-8-20/h2-5,13,16-17H,6-12,21H2,1H3,(H,24,25)/t13-,16-,17+/m1/s1/i20-1. The normalized spacial score (nSPS) is 20.5. The molecule has 0 unspecified atom stereocenters. The Morgan fingerprint density at radius 1 is 1.37 bits per heavy atom. The van der Waals surface area contributed by atoms with E-state index in [9.17, 15) is 14.0 Å². The van der Waals surface area contributed by atoms with Crippen LogP contribution in [0.5, 0.6) is 5.75 Å². The van der Waals surface area contributed by atoms with Crippen LogP contribution < -0.4 is 10.5 Å². The first-order valence-corrected chi connectivity index (χ1v) is 9.08. The van der Waals surface area contributed by atoms with Crippen molar-refractivity contribution in [2.75, 3.05) is 19.8 Å². The van der Waals surface area contributed by atoms with Crippen molar-refractivity contribution in [2.24, 2.45) is 5.73 Å². The Hall–Kier alpha value is -2.19. The minimum absolute atomic E-state index is 0.0387. The highest BCUT2D eigenvalue weighted by Gasteiger charge is 2.33. The number of amides is 1. The third kappa shape index (κ3) is 6.48. The van der Waals surface area contributed by atoms with Crippen molar-refractivity contribution in [1.29, 1.82) is 0 Å². The number of likely N-dealkylation sites (tertiary alicyclic amines) is 1. The van der Waals surface area contributed by atoms with Gasteiger partial charge in [-0.3, -0.25) is 9.59 Å². The third-order valence-electron chi connectivity index (χ3n) is 4.60. The van der Waals surface area contributed by atoms with E-state index in [0.717, 1.165) is 12.0 Å². The maximum Gasteiger partial charge on any atom is 0.320 e. The molecule has 1 saturated heterocycles. The first-order valence-electron chi connectivity index (χ1n) is 9.08. The van der Waals surface area contributed by atoms with Crippen LogP contribution in [-0.4, -0.2) is 59.9 Å². The molecule has 0 aromatic heterocycles. The quantitative estimate of drug-likeness (QED) is 0.640. The van der Waals surface area contributed by atoms with Crippen molar-refractivity contribution in [3.05, 3.63) is 29.8 Å². The number of hydrogen-bond donors (Lipinski definition) is 2. The van der Waals surface area contributed by atoms with Crippen LogP contribution in [0.3, 0.4) is 0 Å². The van der Waals surface area contributed by atoms with Crippen molar-refractivity contribution in [2.45, 2.75) is 51.0 Å². The van der Waals surface area contributed by atoms with E-state index in [2.05, 4.69) is 0 Å². The second-order valence-corrected chi connectivity index (χ2v) is 6.73. The van der Waals surface area contributed by atoms with Gasteiger partial charge >= 0.3 is 5.97 Å².